The Bertz CT molecular complexity index is 478. The summed E-state index contributed by atoms with van der Waals surface area (Å²) in [5, 5.41) is 3.85. The first-order valence-corrected chi connectivity index (χ1v) is 7.12. The number of ether oxygens (including phenoxy) is 1. The Hall–Kier alpha value is -1.82. The fourth-order valence-corrected chi connectivity index (χ4v) is 1.27. The molecule has 6 heteroatoms. The van der Waals surface area contributed by atoms with E-state index >= 15 is 0 Å². The normalized spacial score (nSPS) is 9.65. The lowest BCUT2D eigenvalue weighted by molar-refractivity contribution is -0.138. The molecule has 0 atom stereocenters. The van der Waals surface area contributed by atoms with E-state index in [2.05, 4.69) is 35.0 Å². The van der Waals surface area contributed by atoms with Gasteiger partial charge in [0.25, 0.3) is 0 Å². The van der Waals surface area contributed by atoms with Crippen LogP contribution in [0, 0.1) is 0 Å². The predicted molar refractivity (Wildman–Crippen MR) is 98.8 cm³/mol. The molecule has 1 N–H and O–H groups in total. The molecule has 0 saturated carbocycles. The molecule has 0 fully saturated rings. The van der Waals surface area contributed by atoms with E-state index in [9.17, 15) is 4.79 Å². The molecule has 130 valence electrons. The lowest BCUT2D eigenvalue weighted by Crippen LogP contribution is -2.41. The zero-order chi connectivity index (χ0) is 17.0. The average Bonchev–Trinajstić information content (AvgIpc) is 2.53. The molecule has 0 aliphatic carbocycles. The van der Waals surface area contributed by atoms with Crippen LogP contribution in [0.1, 0.15) is 19.4 Å². The zero-order valence-electron chi connectivity index (χ0n) is 14.6. The van der Waals surface area contributed by atoms with E-state index in [1.807, 2.05) is 55.7 Å². The minimum Gasteiger partial charge on any atom is -0.463 e. The Morgan fingerprint density at radius 3 is 2.26 bits per heavy atom. The maximum atomic E-state index is 10.4. The van der Waals surface area contributed by atoms with Crippen LogP contribution < -0.4 is 5.43 Å². The third kappa shape index (κ3) is 11.4. The molecule has 0 aliphatic rings. The second-order valence-electron chi connectivity index (χ2n) is 4.55. The van der Waals surface area contributed by atoms with Gasteiger partial charge in [-0.25, -0.2) is 10.2 Å². The lowest BCUT2D eigenvalue weighted by Gasteiger charge is -2.25. The van der Waals surface area contributed by atoms with Crippen molar-refractivity contribution >= 4 is 24.5 Å². The molecule has 23 heavy (non-hydrogen) atoms. The third-order valence-electron chi connectivity index (χ3n) is 2.70. The van der Waals surface area contributed by atoms with Gasteiger partial charge in [-0.3, -0.25) is 0 Å². The number of carbonyl (C=O) groups is 1. The largest absolute Gasteiger partial charge is 0.463 e. The Balaban J connectivity index is 0. The quantitative estimate of drug-likeness (QED) is 0.489. The molecule has 1 aromatic rings. The first-order chi connectivity index (χ1) is 10.4. The first-order valence-electron chi connectivity index (χ1n) is 7.12. The molecular formula is C17H28ClN3O2. The van der Waals surface area contributed by atoms with Gasteiger partial charge in [-0.1, -0.05) is 36.9 Å². The number of hydrazine groups is 2. The summed E-state index contributed by atoms with van der Waals surface area (Å²) in [6.07, 6.45) is 4.07. The monoisotopic (exact) mass is 341 g/mol. The molecule has 1 aromatic carbocycles. The summed E-state index contributed by atoms with van der Waals surface area (Å²) >= 11 is 0. The number of hydrogen-bond donors (Lipinski definition) is 1. The number of rotatable bonds is 6. The number of nitrogens with one attached hydrogen (secondary N) is 1. The number of hydrogen-bond acceptors (Lipinski definition) is 5. The summed E-state index contributed by atoms with van der Waals surface area (Å²) < 4.78 is 4.56. The summed E-state index contributed by atoms with van der Waals surface area (Å²) in [6, 6.07) is 10.2. The predicted octanol–water partition coefficient (Wildman–Crippen LogP) is 3.12. The molecular weight excluding hydrogens is 314 g/mol. The maximum absolute atomic E-state index is 10.4. The maximum Gasteiger partial charge on any atom is 0.333 e. The third-order valence-corrected chi connectivity index (χ3v) is 2.70. The summed E-state index contributed by atoms with van der Waals surface area (Å²) in [4.78, 5) is 10.4. The second-order valence-corrected chi connectivity index (χ2v) is 4.55. The first kappa shape index (κ1) is 23.4. The Kier molecular flexibility index (Phi) is 14.1. The highest BCUT2D eigenvalue weighted by Gasteiger charge is 1.98. The molecule has 0 aliphatic heterocycles. The van der Waals surface area contributed by atoms with Crippen molar-refractivity contribution in [2.45, 2.75) is 13.8 Å². The van der Waals surface area contributed by atoms with Crippen LogP contribution in [0.15, 0.2) is 48.7 Å². The second kappa shape index (κ2) is 13.8. The molecule has 0 saturated heterocycles. The summed E-state index contributed by atoms with van der Waals surface area (Å²) in [5.74, 6) is -0.312. The summed E-state index contributed by atoms with van der Waals surface area (Å²) in [7, 11) is 5.82. The van der Waals surface area contributed by atoms with Crippen molar-refractivity contribution in [2.24, 2.45) is 0 Å². The van der Waals surface area contributed by atoms with Crippen molar-refractivity contribution < 1.29 is 9.53 Å². The Labute approximate surface area is 146 Å². The standard InChI is InChI=1S/C11H17N3.C6H10O2.ClH/c1-12-14(3)13(2)10-9-11-7-5-4-6-8-11;1-4-8-6(7)5(2)3;/h4-10,12H,1-3H3;2,4H2,1,3H3;1H. The number of halogens is 1. The Morgan fingerprint density at radius 2 is 1.87 bits per heavy atom. The van der Waals surface area contributed by atoms with Crippen LogP contribution in [0.3, 0.4) is 0 Å². The number of nitrogens with zero attached hydrogens (tertiary/aromatic N) is 2. The highest BCUT2D eigenvalue weighted by atomic mass is 35.5. The van der Waals surface area contributed by atoms with Gasteiger partial charge in [-0.2, -0.15) is 5.12 Å². The molecule has 0 spiro atoms. The van der Waals surface area contributed by atoms with Crippen molar-refractivity contribution in [3.8, 4) is 0 Å². The van der Waals surface area contributed by atoms with Crippen molar-refractivity contribution in [3.05, 3.63) is 54.2 Å². The van der Waals surface area contributed by atoms with Crippen molar-refractivity contribution in [1.82, 2.24) is 15.6 Å². The van der Waals surface area contributed by atoms with Crippen LogP contribution in [-0.2, 0) is 9.53 Å². The van der Waals surface area contributed by atoms with E-state index in [0.29, 0.717) is 12.2 Å². The van der Waals surface area contributed by atoms with Gasteiger partial charge in [0, 0.05) is 32.9 Å². The minimum atomic E-state index is -0.312. The van der Waals surface area contributed by atoms with Gasteiger partial charge in [-0.05, 0) is 25.5 Å². The van der Waals surface area contributed by atoms with E-state index in [1.54, 1.807) is 13.8 Å². The molecule has 0 heterocycles. The van der Waals surface area contributed by atoms with Crippen LogP contribution >= 0.6 is 12.4 Å². The van der Waals surface area contributed by atoms with Crippen molar-refractivity contribution in [1.29, 1.82) is 0 Å². The Morgan fingerprint density at radius 1 is 1.30 bits per heavy atom. The van der Waals surface area contributed by atoms with Gasteiger partial charge in [0.05, 0.1) is 6.61 Å². The van der Waals surface area contributed by atoms with Crippen molar-refractivity contribution in [3.63, 3.8) is 0 Å². The van der Waals surface area contributed by atoms with E-state index in [0.717, 1.165) is 0 Å². The van der Waals surface area contributed by atoms with Gasteiger partial charge in [-0.15, -0.1) is 12.4 Å². The molecule has 0 unspecified atom stereocenters. The average molecular weight is 342 g/mol. The molecule has 1 rings (SSSR count). The number of carbonyl (C=O) groups excluding carboxylic acids is 1. The molecule has 0 amide bonds. The zero-order valence-corrected chi connectivity index (χ0v) is 15.4. The molecule has 0 bridgehead atoms. The van der Waals surface area contributed by atoms with Crippen LogP contribution in [-0.4, -0.2) is 43.8 Å². The van der Waals surface area contributed by atoms with E-state index in [4.69, 9.17) is 0 Å². The highest BCUT2D eigenvalue weighted by Crippen LogP contribution is 2.01. The highest BCUT2D eigenvalue weighted by molar-refractivity contribution is 5.86. The van der Waals surface area contributed by atoms with Gasteiger partial charge >= 0.3 is 5.97 Å². The van der Waals surface area contributed by atoms with Crippen LogP contribution in [0.4, 0.5) is 0 Å². The van der Waals surface area contributed by atoms with Gasteiger partial charge in [0.15, 0.2) is 0 Å². The van der Waals surface area contributed by atoms with Gasteiger partial charge in [0.2, 0.25) is 0 Å². The lowest BCUT2D eigenvalue weighted by atomic mass is 10.2. The smallest absolute Gasteiger partial charge is 0.333 e. The minimum absolute atomic E-state index is 0. The van der Waals surface area contributed by atoms with Gasteiger partial charge in [0.1, 0.15) is 0 Å². The van der Waals surface area contributed by atoms with E-state index in [-0.39, 0.29) is 18.4 Å². The fraction of sp³-hybridized carbons (Fsp3) is 0.353. The molecule has 0 radical (unpaired) electrons. The number of esters is 1. The van der Waals surface area contributed by atoms with Crippen LogP contribution in [0.2, 0.25) is 0 Å². The van der Waals surface area contributed by atoms with Crippen LogP contribution in [0.25, 0.3) is 6.08 Å². The van der Waals surface area contributed by atoms with Gasteiger partial charge < -0.3 is 9.75 Å². The topological polar surface area (TPSA) is 44.8 Å². The summed E-state index contributed by atoms with van der Waals surface area (Å²) in [5.41, 5.74) is 4.66. The fourth-order valence-electron chi connectivity index (χ4n) is 1.27. The SMILES string of the molecule is C=C(C)C(=O)OCC.CNN(C)N(C)C=Cc1ccccc1.Cl. The van der Waals surface area contributed by atoms with E-state index < -0.39 is 0 Å². The summed E-state index contributed by atoms with van der Waals surface area (Å²) in [6.45, 7) is 7.21. The van der Waals surface area contributed by atoms with Crippen molar-refractivity contribution in [2.75, 3.05) is 27.7 Å². The van der Waals surface area contributed by atoms with Crippen LogP contribution in [0.5, 0.6) is 0 Å². The number of benzene rings is 1. The van der Waals surface area contributed by atoms with E-state index in [1.165, 1.54) is 5.56 Å². The molecule has 5 nitrogen and oxygen atoms in total. The molecule has 0 aromatic heterocycles.